The molecule has 0 saturated heterocycles. The van der Waals surface area contributed by atoms with Gasteiger partial charge in [0.05, 0.1) is 7.11 Å². The molecule has 0 amide bonds. The van der Waals surface area contributed by atoms with Crippen LogP contribution in [0.5, 0.6) is 11.5 Å². The van der Waals surface area contributed by atoms with Crippen molar-refractivity contribution in [3.8, 4) is 11.5 Å². The Morgan fingerprint density at radius 2 is 2.05 bits per heavy atom. The summed E-state index contributed by atoms with van der Waals surface area (Å²) in [7, 11) is 1.47. The van der Waals surface area contributed by atoms with Crippen LogP contribution in [0, 0.1) is 0 Å². The van der Waals surface area contributed by atoms with Crippen LogP contribution in [-0.2, 0) is 16.0 Å². The lowest BCUT2D eigenvalue weighted by Crippen LogP contribution is -2.07. The van der Waals surface area contributed by atoms with Crippen LogP contribution in [0.3, 0.4) is 0 Å². The Balaban J connectivity index is 2.26. The minimum absolute atomic E-state index is 0.0463. The van der Waals surface area contributed by atoms with Crippen LogP contribution in [-0.4, -0.2) is 23.7 Å². The molecular weight excluding hydrogens is 258 g/mol. The Morgan fingerprint density at radius 3 is 2.70 bits per heavy atom. The smallest absolute Gasteiger partial charge is 0.293 e. The third kappa shape index (κ3) is 3.26. The van der Waals surface area contributed by atoms with Gasteiger partial charge in [-0.1, -0.05) is 6.07 Å². The summed E-state index contributed by atoms with van der Waals surface area (Å²) < 4.78 is 10.2. The van der Waals surface area contributed by atoms with Crippen molar-refractivity contribution in [3.63, 3.8) is 0 Å². The first-order valence-electron chi connectivity index (χ1n) is 6.09. The van der Waals surface area contributed by atoms with Gasteiger partial charge in [0.25, 0.3) is 6.47 Å². The topological polar surface area (TPSA) is 68.7 Å². The number of carbonyl (C=O) groups excluding carboxylic acids is 1. The maximum Gasteiger partial charge on any atom is 0.293 e. The lowest BCUT2D eigenvalue weighted by molar-refractivity contribution is -0.133. The Hall–Kier alpha value is -2.56. The largest absolute Gasteiger partial charge is 0.504 e. The van der Waals surface area contributed by atoms with Crippen molar-refractivity contribution in [3.05, 3.63) is 53.9 Å². The maximum absolute atomic E-state index is 10.7. The van der Waals surface area contributed by atoms with Crippen LogP contribution in [0.15, 0.2) is 42.7 Å². The molecule has 0 aliphatic rings. The molecular formula is C15H15NO4. The van der Waals surface area contributed by atoms with Crippen molar-refractivity contribution in [1.29, 1.82) is 0 Å². The number of methoxy groups -OCH3 is 1. The van der Waals surface area contributed by atoms with Crippen molar-refractivity contribution in [1.82, 2.24) is 4.98 Å². The molecule has 0 saturated carbocycles. The molecule has 0 aliphatic heterocycles. The number of carbonyl (C=O) groups is 1. The summed E-state index contributed by atoms with van der Waals surface area (Å²) in [5.74, 6) is 0.391. The van der Waals surface area contributed by atoms with E-state index in [0.717, 1.165) is 11.1 Å². The Labute approximate surface area is 116 Å². The average Bonchev–Trinajstić information content (AvgIpc) is 2.48. The van der Waals surface area contributed by atoms with Crippen molar-refractivity contribution < 1.29 is 19.4 Å². The Bertz CT molecular complexity index is 571. The number of phenolic OH excluding ortho intramolecular Hbond substituents is 1. The number of hydrogen-bond acceptors (Lipinski definition) is 5. The molecule has 1 aromatic carbocycles. The van der Waals surface area contributed by atoms with Gasteiger partial charge in [-0.25, -0.2) is 0 Å². The minimum Gasteiger partial charge on any atom is -0.504 e. The number of aromatic nitrogens is 1. The lowest BCUT2D eigenvalue weighted by Gasteiger charge is -2.16. The van der Waals surface area contributed by atoms with Gasteiger partial charge in [-0.3, -0.25) is 9.78 Å². The highest BCUT2D eigenvalue weighted by Gasteiger charge is 2.15. The molecule has 1 atom stereocenters. The SMILES string of the molecule is COc1cc([C@H](Cc2ccncc2)OC=O)ccc1O. The van der Waals surface area contributed by atoms with Crippen LogP contribution in [0.25, 0.3) is 0 Å². The summed E-state index contributed by atoms with van der Waals surface area (Å²) in [6, 6.07) is 8.59. The fourth-order valence-electron chi connectivity index (χ4n) is 1.94. The number of benzene rings is 1. The molecule has 5 heteroatoms. The summed E-state index contributed by atoms with van der Waals surface area (Å²) >= 11 is 0. The molecule has 0 fully saturated rings. The third-order valence-electron chi connectivity index (χ3n) is 2.97. The number of hydrogen-bond donors (Lipinski definition) is 1. The van der Waals surface area contributed by atoms with Gasteiger partial charge in [0.15, 0.2) is 11.5 Å². The van der Waals surface area contributed by atoms with E-state index in [4.69, 9.17) is 9.47 Å². The highest BCUT2D eigenvalue weighted by Crippen LogP contribution is 2.31. The predicted octanol–water partition coefficient (Wildman–Crippen LogP) is 2.25. The Kier molecular flexibility index (Phi) is 4.55. The summed E-state index contributed by atoms with van der Waals surface area (Å²) in [4.78, 5) is 14.6. The first-order chi connectivity index (χ1) is 9.74. The van der Waals surface area contributed by atoms with Gasteiger partial charge in [0.2, 0.25) is 0 Å². The van der Waals surface area contributed by atoms with Crippen LogP contribution in [0.1, 0.15) is 17.2 Å². The van der Waals surface area contributed by atoms with Gasteiger partial charge in [-0.15, -0.1) is 0 Å². The van der Waals surface area contributed by atoms with Gasteiger partial charge in [-0.05, 0) is 35.4 Å². The standard InChI is InChI=1S/C15H15NO4/c1-19-15-9-12(2-3-13(15)18)14(20-10-17)8-11-4-6-16-7-5-11/h2-7,9-10,14,18H,8H2,1H3/t14-/m0/s1. The molecule has 1 heterocycles. The van der Waals surface area contributed by atoms with Crippen molar-refractivity contribution in [2.45, 2.75) is 12.5 Å². The third-order valence-corrected chi connectivity index (χ3v) is 2.97. The molecule has 1 N–H and O–H groups in total. The van der Waals surface area contributed by atoms with E-state index in [9.17, 15) is 9.90 Å². The van der Waals surface area contributed by atoms with E-state index in [1.807, 2.05) is 12.1 Å². The van der Waals surface area contributed by atoms with Gasteiger partial charge < -0.3 is 14.6 Å². The van der Waals surface area contributed by atoms with E-state index < -0.39 is 6.10 Å². The average molecular weight is 273 g/mol. The van der Waals surface area contributed by atoms with E-state index in [1.54, 1.807) is 24.5 Å². The van der Waals surface area contributed by atoms with Crippen molar-refractivity contribution >= 4 is 6.47 Å². The monoisotopic (exact) mass is 273 g/mol. The highest BCUT2D eigenvalue weighted by molar-refractivity contribution is 5.44. The zero-order valence-electron chi connectivity index (χ0n) is 11.0. The summed E-state index contributed by atoms with van der Waals surface area (Å²) in [5, 5.41) is 9.59. The highest BCUT2D eigenvalue weighted by atomic mass is 16.5. The van der Waals surface area contributed by atoms with Crippen molar-refractivity contribution in [2.24, 2.45) is 0 Å². The molecule has 104 valence electrons. The van der Waals surface area contributed by atoms with Gasteiger partial charge in [0, 0.05) is 18.8 Å². The van der Waals surface area contributed by atoms with Crippen molar-refractivity contribution in [2.75, 3.05) is 7.11 Å². The van der Waals surface area contributed by atoms with Crippen LogP contribution < -0.4 is 4.74 Å². The predicted molar refractivity (Wildman–Crippen MR) is 72.5 cm³/mol. The molecule has 0 aliphatic carbocycles. The number of ether oxygens (including phenoxy) is 2. The second-order valence-electron chi connectivity index (χ2n) is 4.21. The van der Waals surface area contributed by atoms with E-state index in [0.29, 0.717) is 18.6 Å². The zero-order valence-corrected chi connectivity index (χ0v) is 11.0. The van der Waals surface area contributed by atoms with Crippen LogP contribution >= 0.6 is 0 Å². The molecule has 0 radical (unpaired) electrons. The molecule has 1 aromatic heterocycles. The van der Waals surface area contributed by atoms with E-state index in [1.165, 1.54) is 13.2 Å². The normalized spacial score (nSPS) is 11.7. The number of nitrogens with zero attached hydrogens (tertiary/aromatic N) is 1. The van der Waals surface area contributed by atoms with Gasteiger partial charge >= 0.3 is 0 Å². The summed E-state index contributed by atoms with van der Waals surface area (Å²) in [6.07, 6.45) is 3.45. The van der Waals surface area contributed by atoms with Gasteiger partial charge in [0.1, 0.15) is 6.10 Å². The molecule has 0 spiro atoms. The first-order valence-corrected chi connectivity index (χ1v) is 6.09. The quantitative estimate of drug-likeness (QED) is 0.817. The van der Waals surface area contributed by atoms with E-state index in [-0.39, 0.29) is 5.75 Å². The Morgan fingerprint density at radius 1 is 1.30 bits per heavy atom. The van der Waals surface area contributed by atoms with E-state index >= 15 is 0 Å². The zero-order chi connectivity index (χ0) is 14.4. The minimum atomic E-state index is -0.440. The molecule has 2 rings (SSSR count). The first kappa shape index (κ1) is 13.9. The molecule has 0 bridgehead atoms. The van der Waals surface area contributed by atoms with E-state index in [2.05, 4.69) is 4.98 Å². The maximum atomic E-state index is 10.7. The fraction of sp³-hybridized carbons (Fsp3) is 0.200. The summed E-state index contributed by atoms with van der Waals surface area (Å²) in [5.41, 5.74) is 1.75. The second kappa shape index (κ2) is 6.56. The number of rotatable bonds is 6. The van der Waals surface area contributed by atoms with Crippen LogP contribution in [0.4, 0.5) is 0 Å². The molecule has 2 aromatic rings. The van der Waals surface area contributed by atoms with Crippen LogP contribution in [0.2, 0.25) is 0 Å². The molecule has 20 heavy (non-hydrogen) atoms. The molecule has 5 nitrogen and oxygen atoms in total. The number of aromatic hydroxyl groups is 1. The summed E-state index contributed by atoms with van der Waals surface area (Å²) in [6.45, 7) is 0.422. The molecule has 0 unspecified atom stereocenters. The number of pyridine rings is 1. The van der Waals surface area contributed by atoms with Gasteiger partial charge in [-0.2, -0.15) is 0 Å². The second-order valence-corrected chi connectivity index (χ2v) is 4.21. The lowest BCUT2D eigenvalue weighted by atomic mass is 10.0. The number of phenols is 1. The fourth-order valence-corrected chi connectivity index (χ4v) is 1.94.